The summed E-state index contributed by atoms with van der Waals surface area (Å²) in [5.41, 5.74) is 0. The molecule has 0 N–H and O–H groups in total. The third-order valence-corrected chi connectivity index (χ3v) is 17.4. The van der Waals surface area contributed by atoms with Crippen LogP contribution in [-0.4, -0.2) is 31.8 Å². The molecule has 0 atom stereocenters. The SMILES string of the molecule is O=[As]12[O][Ga]([O]1)[O]2. The van der Waals surface area contributed by atoms with Gasteiger partial charge in [-0.3, -0.25) is 0 Å². The van der Waals surface area contributed by atoms with Crippen molar-refractivity contribution < 1.29 is 11.3 Å². The molecule has 0 aromatic heterocycles. The zero-order valence-corrected chi connectivity index (χ0v) is 6.96. The van der Waals surface area contributed by atoms with E-state index in [1.165, 1.54) is 0 Å². The van der Waals surface area contributed by atoms with Crippen LogP contribution in [0.4, 0.5) is 0 Å². The molecule has 3 heterocycles. The molecule has 3 rings (SSSR count). The van der Waals surface area contributed by atoms with Crippen LogP contribution in [0.3, 0.4) is 0 Å². The second-order valence-electron chi connectivity index (χ2n) is 1.05. The van der Waals surface area contributed by atoms with Crippen LogP contribution in [0.25, 0.3) is 0 Å². The third kappa shape index (κ3) is 0.290. The van der Waals surface area contributed by atoms with E-state index < -0.39 is 31.8 Å². The summed E-state index contributed by atoms with van der Waals surface area (Å²) >= 11 is -5.26. The van der Waals surface area contributed by atoms with Crippen molar-refractivity contribution in [2.45, 2.75) is 0 Å². The Morgan fingerprint density at radius 2 is 1.67 bits per heavy atom. The van der Waals surface area contributed by atoms with Gasteiger partial charge in [0.15, 0.2) is 0 Å². The van der Waals surface area contributed by atoms with Gasteiger partial charge in [-0.2, -0.15) is 0 Å². The van der Waals surface area contributed by atoms with Gasteiger partial charge in [-0.15, -0.1) is 0 Å². The van der Waals surface area contributed by atoms with Crippen molar-refractivity contribution in [3.63, 3.8) is 0 Å². The summed E-state index contributed by atoms with van der Waals surface area (Å²) in [6, 6.07) is 0. The van der Waals surface area contributed by atoms with Crippen LogP contribution in [0, 0.1) is 0 Å². The summed E-state index contributed by atoms with van der Waals surface area (Å²) in [7, 11) is 0. The van der Waals surface area contributed by atoms with Gasteiger partial charge in [0.05, 0.1) is 0 Å². The number of hydrogen-bond donors (Lipinski definition) is 0. The quantitative estimate of drug-likeness (QED) is 0.475. The number of hydrogen-bond acceptors (Lipinski definition) is 4. The van der Waals surface area contributed by atoms with E-state index in [2.05, 4.69) is 7.56 Å². The van der Waals surface area contributed by atoms with Crippen LogP contribution in [0.2, 0.25) is 0 Å². The molecule has 4 nitrogen and oxygen atoms in total. The van der Waals surface area contributed by atoms with Gasteiger partial charge < -0.3 is 0 Å². The molecule has 3 aliphatic rings. The maximum atomic E-state index is 10.2. The van der Waals surface area contributed by atoms with Crippen molar-refractivity contribution in [2.24, 2.45) is 0 Å². The van der Waals surface area contributed by atoms with Gasteiger partial charge in [0, 0.05) is 0 Å². The molecular weight excluding hydrogens is 209 g/mol. The topological polar surface area (TPSA) is 44.8 Å². The van der Waals surface area contributed by atoms with Gasteiger partial charge in [0.2, 0.25) is 0 Å². The summed E-state index contributed by atoms with van der Waals surface area (Å²) < 4.78 is 23.9. The molecular formula is AsGaO4. The van der Waals surface area contributed by atoms with E-state index in [0.29, 0.717) is 0 Å². The Morgan fingerprint density at radius 1 is 1.33 bits per heavy atom. The second kappa shape index (κ2) is 0.842. The molecule has 3 saturated heterocycles. The fourth-order valence-electron chi connectivity index (χ4n) is 0.340. The molecule has 6 heteroatoms. The summed E-state index contributed by atoms with van der Waals surface area (Å²) in [5.74, 6) is 0. The van der Waals surface area contributed by atoms with E-state index in [-0.39, 0.29) is 0 Å². The summed E-state index contributed by atoms with van der Waals surface area (Å²) in [5, 5.41) is 0. The second-order valence-corrected chi connectivity index (χ2v) is 12.4. The van der Waals surface area contributed by atoms with Gasteiger partial charge in [0.25, 0.3) is 0 Å². The molecule has 2 bridgehead atoms. The van der Waals surface area contributed by atoms with Crippen LogP contribution < -0.4 is 0 Å². The molecule has 0 aliphatic carbocycles. The van der Waals surface area contributed by atoms with Crippen LogP contribution in [0.1, 0.15) is 0 Å². The van der Waals surface area contributed by atoms with Crippen LogP contribution in [-0.2, 0) is 11.3 Å². The minimum absolute atomic E-state index is 2.00. The van der Waals surface area contributed by atoms with Crippen LogP contribution in [0.5, 0.6) is 0 Å². The predicted molar refractivity (Wildman–Crippen MR) is 15.4 cm³/mol. The van der Waals surface area contributed by atoms with Crippen molar-refractivity contribution in [1.82, 2.24) is 0 Å². The van der Waals surface area contributed by atoms with Crippen LogP contribution in [0.15, 0.2) is 0 Å². The zero-order valence-electron chi connectivity index (χ0n) is 2.66. The fraction of sp³-hybridized carbons (Fsp3) is 0. The van der Waals surface area contributed by atoms with Crippen molar-refractivity contribution in [2.75, 3.05) is 0 Å². The third-order valence-electron chi connectivity index (χ3n) is 0.645. The van der Waals surface area contributed by atoms with Gasteiger partial charge in [-0.05, 0) is 0 Å². The maximum absolute atomic E-state index is 10.2. The molecule has 0 aromatic rings. The molecule has 0 unspecified atom stereocenters. The molecule has 6 heavy (non-hydrogen) atoms. The number of rotatable bonds is 0. The van der Waals surface area contributed by atoms with Crippen molar-refractivity contribution in [3.05, 3.63) is 0 Å². The van der Waals surface area contributed by atoms with Gasteiger partial charge in [0.1, 0.15) is 0 Å². The first-order chi connectivity index (χ1) is 2.79. The molecule has 32 valence electrons. The Labute approximate surface area is 43.4 Å². The monoisotopic (exact) mass is 208 g/mol. The summed E-state index contributed by atoms with van der Waals surface area (Å²) in [6.07, 6.45) is 0. The predicted octanol–water partition coefficient (Wildman–Crippen LogP) is -1.09. The average Bonchev–Trinajstić information content (AvgIpc) is 1.24. The average molecular weight is 209 g/mol. The summed E-state index contributed by atoms with van der Waals surface area (Å²) in [4.78, 5) is 0. The van der Waals surface area contributed by atoms with E-state index in [1.807, 2.05) is 0 Å². The van der Waals surface area contributed by atoms with E-state index >= 15 is 0 Å². The van der Waals surface area contributed by atoms with Crippen molar-refractivity contribution in [3.8, 4) is 0 Å². The van der Waals surface area contributed by atoms with Gasteiger partial charge >= 0.3 is 43.1 Å². The Morgan fingerprint density at radius 3 is 1.67 bits per heavy atom. The van der Waals surface area contributed by atoms with Gasteiger partial charge in [-0.1, -0.05) is 0 Å². The molecule has 0 aromatic carbocycles. The van der Waals surface area contributed by atoms with Crippen molar-refractivity contribution in [1.29, 1.82) is 0 Å². The molecule has 0 spiro atoms. The first-order valence-corrected chi connectivity index (χ1v) is 7.47. The Hall–Kier alpha value is 0.875. The van der Waals surface area contributed by atoms with E-state index in [1.54, 1.807) is 0 Å². The molecule has 3 aliphatic heterocycles. The van der Waals surface area contributed by atoms with Crippen LogP contribution >= 0.6 is 0 Å². The Balaban J connectivity index is 2.39. The Kier molecular flexibility index (Phi) is 0.537. The van der Waals surface area contributed by atoms with E-state index in [9.17, 15) is 3.74 Å². The normalized spacial score (nSPS) is 34.3. The van der Waals surface area contributed by atoms with E-state index in [4.69, 9.17) is 0 Å². The zero-order chi connectivity index (χ0) is 4.20. The van der Waals surface area contributed by atoms with Crippen molar-refractivity contribution >= 4 is 31.8 Å². The molecule has 0 saturated carbocycles. The Bertz CT molecular complexity index is 106. The first-order valence-electron chi connectivity index (χ1n) is 1.44. The minimum atomic E-state index is -3.25. The molecule has 0 radical (unpaired) electrons. The standard InChI is InChI=1S/AsH3O4.Ga/c2-1(3,4)5;/h(H3,2,3,4,5);/q;+3/p-3. The fourth-order valence-corrected chi connectivity index (χ4v) is 9.18. The van der Waals surface area contributed by atoms with Gasteiger partial charge in [-0.25, -0.2) is 0 Å². The summed E-state index contributed by atoms with van der Waals surface area (Å²) in [6.45, 7) is 0. The van der Waals surface area contributed by atoms with E-state index in [0.717, 1.165) is 0 Å². The first kappa shape index (κ1) is 3.83. The molecule has 3 fully saturated rings. The molecule has 0 amide bonds.